The Hall–Kier alpha value is -1.40. The van der Waals surface area contributed by atoms with Crippen molar-refractivity contribution in [3.05, 3.63) is 67.1 Å². The van der Waals surface area contributed by atoms with Crippen molar-refractivity contribution in [3.63, 3.8) is 0 Å². The van der Waals surface area contributed by atoms with Gasteiger partial charge >= 0.3 is 5.69 Å². The van der Waals surface area contributed by atoms with Gasteiger partial charge in [-0.05, 0) is 39.7 Å². The Morgan fingerprint density at radius 3 is 2.58 bits per heavy atom. The summed E-state index contributed by atoms with van der Waals surface area (Å²) in [6, 6.07) is 12.3. The number of hydrogen-bond acceptors (Lipinski definition) is 3. The molecular weight excluding hydrogens is 378 g/mol. The second-order valence-corrected chi connectivity index (χ2v) is 5.53. The first-order valence-corrected chi connectivity index (χ1v) is 6.96. The summed E-state index contributed by atoms with van der Waals surface area (Å²) in [5, 5.41) is 10.9. The molecule has 0 heterocycles. The third-order valence-electron chi connectivity index (χ3n) is 2.42. The molecule has 0 aromatic heterocycles. The first-order chi connectivity index (χ1) is 9.08. The predicted molar refractivity (Wildman–Crippen MR) is 79.3 cm³/mol. The average molecular weight is 387 g/mol. The fourth-order valence-electron chi connectivity index (χ4n) is 1.57. The molecule has 0 atom stereocenters. The zero-order valence-electron chi connectivity index (χ0n) is 9.68. The van der Waals surface area contributed by atoms with E-state index < -0.39 is 4.92 Å². The number of ether oxygens (including phenoxy) is 1. The van der Waals surface area contributed by atoms with E-state index >= 15 is 0 Å². The molecule has 0 radical (unpaired) electrons. The smallest absolute Gasteiger partial charge is 0.312 e. The molecule has 0 unspecified atom stereocenters. The van der Waals surface area contributed by atoms with Gasteiger partial charge in [-0.2, -0.15) is 0 Å². The van der Waals surface area contributed by atoms with Crippen LogP contribution in [0.5, 0.6) is 5.75 Å². The monoisotopic (exact) mass is 385 g/mol. The van der Waals surface area contributed by atoms with Gasteiger partial charge in [0.25, 0.3) is 0 Å². The number of halogens is 2. The Morgan fingerprint density at radius 2 is 1.89 bits per heavy atom. The Morgan fingerprint density at radius 1 is 1.16 bits per heavy atom. The zero-order chi connectivity index (χ0) is 13.8. The number of benzene rings is 2. The van der Waals surface area contributed by atoms with Crippen LogP contribution in [-0.2, 0) is 6.61 Å². The summed E-state index contributed by atoms with van der Waals surface area (Å²) < 4.78 is 7.07. The van der Waals surface area contributed by atoms with Crippen LogP contribution in [0.1, 0.15) is 5.56 Å². The highest BCUT2D eigenvalue weighted by Crippen LogP contribution is 2.35. The lowest BCUT2D eigenvalue weighted by Crippen LogP contribution is -1.99. The molecule has 0 fully saturated rings. The Balaban J connectivity index is 2.22. The number of para-hydroxylation sites is 1. The van der Waals surface area contributed by atoms with Gasteiger partial charge < -0.3 is 4.74 Å². The van der Waals surface area contributed by atoms with E-state index in [9.17, 15) is 10.1 Å². The largest absolute Gasteiger partial charge is 0.481 e. The number of hydrogen-bond donors (Lipinski definition) is 0. The van der Waals surface area contributed by atoms with Crippen molar-refractivity contribution in [2.24, 2.45) is 0 Å². The van der Waals surface area contributed by atoms with Crippen molar-refractivity contribution in [3.8, 4) is 5.75 Å². The Bertz CT molecular complexity index is 617. The standard InChI is InChI=1S/C13H9Br2NO3/c14-10-4-1-3-9(7-10)8-19-13-11(15)5-2-6-12(13)16(17)18/h1-7H,8H2. The van der Waals surface area contributed by atoms with Crippen LogP contribution in [0.3, 0.4) is 0 Å². The maximum absolute atomic E-state index is 10.9. The fourth-order valence-corrected chi connectivity index (χ4v) is 2.48. The van der Waals surface area contributed by atoms with Crippen molar-refractivity contribution in [2.45, 2.75) is 6.61 Å². The molecule has 0 bridgehead atoms. The average Bonchev–Trinajstić information content (AvgIpc) is 2.37. The van der Waals surface area contributed by atoms with Gasteiger partial charge in [0.1, 0.15) is 6.61 Å². The van der Waals surface area contributed by atoms with Crippen LogP contribution in [0.2, 0.25) is 0 Å². The van der Waals surface area contributed by atoms with E-state index in [1.54, 1.807) is 12.1 Å². The molecule has 2 aromatic rings. The van der Waals surface area contributed by atoms with E-state index in [4.69, 9.17) is 4.74 Å². The molecule has 98 valence electrons. The lowest BCUT2D eigenvalue weighted by Gasteiger charge is -2.08. The lowest BCUT2D eigenvalue weighted by atomic mass is 10.2. The molecule has 0 saturated heterocycles. The number of rotatable bonds is 4. The van der Waals surface area contributed by atoms with Gasteiger partial charge in [0, 0.05) is 10.5 Å². The van der Waals surface area contributed by atoms with Crippen molar-refractivity contribution >= 4 is 37.5 Å². The van der Waals surface area contributed by atoms with Crippen LogP contribution >= 0.6 is 31.9 Å². The van der Waals surface area contributed by atoms with Crippen molar-refractivity contribution < 1.29 is 9.66 Å². The van der Waals surface area contributed by atoms with Gasteiger partial charge in [0.05, 0.1) is 9.40 Å². The minimum atomic E-state index is -0.457. The van der Waals surface area contributed by atoms with E-state index in [2.05, 4.69) is 31.9 Å². The van der Waals surface area contributed by atoms with Gasteiger partial charge in [-0.1, -0.05) is 34.1 Å². The van der Waals surface area contributed by atoms with Crippen LogP contribution in [0, 0.1) is 10.1 Å². The molecular formula is C13H9Br2NO3. The molecule has 19 heavy (non-hydrogen) atoms. The molecule has 2 rings (SSSR count). The quantitative estimate of drug-likeness (QED) is 0.565. The summed E-state index contributed by atoms with van der Waals surface area (Å²) in [6.07, 6.45) is 0. The van der Waals surface area contributed by atoms with Crippen LogP contribution in [0.15, 0.2) is 51.4 Å². The highest BCUT2D eigenvalue weighted by Gasteiger charge is 2.17. The Labute approximate surface area is 126 Å². The molecule has 0 aliphatic rings. The van der Waals surface area contributed by atoms with E-state index in [1.165, 1.54) is 6.07 Å². The molecule has 0 saturated carbocycles. The van der Waals surface area contributed by atoms with E-state index in [0.29, 0.717) is 4.47 Å². The van der Waals surface area contributed by atoms with Crippen molar-refractivity contribution in [2.75, 3.05) is 0 Å². The van der Waals surface area contributed by atoms with E-state index in [1.807, 2.05) is 24.3 Å². The van der Waals surface area contributed by atoms with Crippen LogP contribution in [0.25, 0.3) is 0 Å². The minimum absolute atomic E-state index is 0.0515. The number of nitro groups is 1. The topological polar surface area (TPSA) is 52.4 Å². The summed E-state index contributed by atoms with van der Waals surface area (Å²) >= 11 is 6.63. The van der Waals surface area contributed by atoms with Crippen LogP contribution < -0.4 is 4.74 Å². The normalized spacial score (nSPS) is 10.2. The van der Waals surface area contributed by atoms with Crippen LogP contribution in [0.4, 0.5) is 5.69 Å². The van der Waals surface area contributed by atoms with Gasteiger partial charge in [-0.3, -0.25) is 10.1 Å². The Kier molecular flexibility index (Phi) is 4.55. The summed E-state index contributed by atoms with van der Waals surface area (Å²) in [5.41, 5.74) is 0.879. The van der Waals surface area contributed by atoms with Gasteiger partial charge in [-0.15, -0.1) is 0 Å². The second kappa shape index (κ2) is 6.16. The van der Waals surface area contributed by atoms with E-state index in [0.717, 1.165) is 10.0 Å². The molecule has 0 spiro atoms. The summed E-state index contributed by atoms with van der Waals surface area (Å²) in [4.78, 5) is 10.5. The second-order valence-electron chi connectivity index (χ2n) is 3.76. The fraction of sp³-hybridized carbons (Fsp3) is 0.0769. The highest BCUT2D eigenvalue weighted by atomic mass is 79.9. The molecule has 0 amide bonds. The maximum atomic E-state index is 10.9. The summed E-state index contributed by atoms with van der Waals surface area (Å²) in [7, 11) is 0. The summed E-state index contributed by atoms with van der Waals surface area (Å²) in [6.45, 7) is 0.267. The SMILES string of the molecule is O=[N+]([O-])c1cccc(Br)c1OCc1cccc(Br)c1. The number of nitrogens with zero attached hydrogens (tertiary/aromatic N) is 1. The minimum Gasteiger partial charge on any atom is -0.481 e. The van der Waals surface area contributed by atoms with Crippen molar-refractivity contribution in [1.82, 2.24) is 0 Å². The third-order valence-corrected chi connectivity index (χ3v) is 3.53. The molecule has 0 aliphatic carbocycles. The molecule has 0 aliphatic heterocycles. The zero-order valence-corrected chi connectivity index (χ0v) is 12.8. The molecule has 0 N–H and O–H groups in total. The predicted octanol–water partition coefficient (Wildman–Crippen LogP) is 4.70. The molecule has 6 heteroatoms. The van der Waals surface area contributed by atoms with Gasteiger partial charge in [-0.25, -0.2) is 0 Å². The van der Waals surface area contributed by atoms with Gasteiger partial charge in [0.15, 0.2) is 0 Å². The summed E-state index contributed by atoms with van der Waals surface area (Å²) in [5.74, 6) is 0.243. The van der Waals surface area contributed by atoms with Gasteiger partial charge in [0.2, 0.25) is 5.75 Å². The first-order valence-electron chi connectivity index (χ1n) is 5.38. The van der Waals surface area contributed by atoms with E-state index in [-0.39, 0.29) is 18.0 Å². The third kappa shape index (κ3) is 3.54. The molecule has 2 aromatic carbocycles. The highest BCUT2D eigenvalue weighted by molar-refractivity contribution is 9.10. The maximum Gasteiger partial charge on any atom is 0.312 e. The van der Waals surface area contributed by atoms with Crippen molar-refractivity contribution in [1.29, 1.82) is 0 Å². The lowest BCUT2D eigenvalue weighted by molar-refractivity contribution is -0.386. The first kappa shape index (κ1) is 14.0. The number of nitro benzene ring substituents is 1. The van der Waals surface area contributed by atoms with Crippen LogP contribution in [-0.4, -0.2) is 4.92 Å². The molecule has 4 nitrogen and oxygen atoms in total.